The fourth-order valence-corrected chi connectivity index (χ4v) is 9.38. The van der Waals surface area contributed by atoms with Crippen molar-refractivity contribution in [3.63, 3.8) is 0 Å². The third-order valence-corrected chi connectivity index (χ3v) is 11.5. The molecule has 4 heteroatoms. The summed E-state index contributed by atoms with van der Waals surface area (Å²) in [7, 11) is -1.75. The van der Waals surface area contributed by atoms with Gasteiger partial charge in [0.2, 0.25) is 0 Å². The SMILES string of the molecule is CC(C)[Si](C#CC1CCCN1C(=O)OC(C)(C)C)(C(C)C)C(C)C. The van der Waals surface area contributed by atoms with Gasteiger partial charge in [0.15, 0.2) is 0 Å². The number of ether oxygens (including phenoxy) is 1. The highest BCUT2D eigenvalue weighted by Crippen LogP contribution is 2.40. The molecule has 138 valence electrons. The van der Waals surface area contributed by atoms with Gasteiger partial charge in [0.05, 0.1) is 6.04 Å². The molecule has 0 aromatic carbocycles. The van der Waals surface area contributed by atoms with E-state index in [0.717, 1.165) is 19.4 Å². The van der Waals surface area contributed by atoms with Crippen LogP contribution >= 0.6 is 0 Å². The second-order valence-electron chi connectivity index (χ2n) is 9.00. The number of hydrogen-bond donors (Lipinski definition) is 0. The molecule has 0 N–H and O–H groups in total. The van der Waals surface area contributed by atoms with Gasteiger partial charge in [-0.1, -0.05) is 47.5 Å². The number of nitrogens with zero attached hydrogens (tertiary/aromatic N) is 1. The average Bonchev–Trinajstić information content (AvgIpc) is 2.84. The molecule has 0 radical (unpaired) electrons. The Morgan fingerprint density at radius 2 is 1.58 bits per heavy atom. The van der Waals surface area contributed by atoms with Gasteiger partial charge < -0.3 is 4.74 Å². The molecule has 1 aliphatic rings. The van der Waals surface area contributed by atoms with Gasteiger partial charge in [-0.05, 0) is 50.2 Å². The van der Waals surface area contributed by atoms with E-state index < -0.39 is 13.7 Å². The number of carbonyl (C=O) groups is 1. The quantitative estimate of drug-likeness (QED) is 0.489. The number of hydrogen-bond acceptors (Lipinski definition) is 2. The molecule has 0 bridgehead atoms. The Morgan fingerprint density at radius 1 is 1.08 bits per heavy atom. The van der Waals surface area contributed by atoms with E-state index in [9.17, 15) is 4.79 Å². The maximum atomic E-state index is 12.4. The van der Waals surface area contributed by atoms with Gasteiger partial charge in [-0.3, -0.25) is 4.90 Å². The fraction of sp³-hybridized carbons (Fsp3) is 0.850. The highest BCUT2D eigenvalue weighted by atomic mass is 28.3. The molecule has 1 unspecified atom stereocenters. The van der Waals surface area contributed by atoms with E-state index in [4.69, 9.17) is 4.74 Å². The predicted molar refractivity (Wildman–Crippen MR) is 105 cm³/mol. The normalized spacial score (nSPS) is 19.0. The van der Waals surface area contributed by atoms with E-state index in [-0.39, 0.29) is 12.1 Å². The van der Waals surface area contributed by atoms with Crippen LogP contribution in [0.3, 0.4) is 0 Å². The van der Waals surface area contributed by atoms with E-state index in [2.05, 4.69) is 53.0 Å². The number of carbonyl (C=O) groups excluding carboxylic acids is 1. The first kappa shape index (κ1) is 21.1. The smallest absolute Gasteiger partial charge is 0.411 e. The van der Waals surface area contributed by atoms with Crippen LogP contribution in [-0.4, -0.2) is 37.3 Å². The zero-order valence-electron chi connectivity index (χ0n) is 17.2. The largest absolute Gasteiger partial charge is 0.444 e. The van der Waals surface area contributed by atoms with Crippen molar-refractivity contribution >= 4 is 14.2 Å². The van der Waals surface area contributed by atoms with Crippen molar-refractivity contribution in [1.29, 1.82) is 0 Å². The highest BCUT2D eigenvalue weighted by Gasteiger charge is 2.42. The van der Waals surface area contributed by atoms with Crippen LogP contribution in [0, 0.1) is 11.5 Å². The molecule has 3 nitrogen and oxygen atoms in total. The number of amides is 1. The first-order valence-corrected chi connectivity index (χ1v) is 11.7. The summed E-state index contributed by atoms with van der Waals surface area (Å²) in [6.07, 6.45) is 1.76. The third-order valence-electron chi connectivity index (χ3n) is 5.20. The van der Waals surface area contributed by atoms with E-state index in [1.54, 1.807) is 0 Å². The Hall–Kier alpha value is -0.953. The summed E-state index contributed by atoms with van der Waals surface area (Å²) in [4.78, 5) is 14.3. The second kappa shape index (κ2) is 7.95. The van der Waals surface area contributed by atoms with Crippen LogP contribution in [0.2, 0.25) is 16.6 Å². The second-order valence-corrected chi connectivity index (χ2v) is 14.6. The number of rotatable bonds is 3. The van der Waals surface area contributed by atoms with Crippen LogP contribution in [0.4, 0.5) is 4.79 Å². The Balaban J connectivity index is 3.05. The molecule has 1 amide bonds. The zero-order valence-corrected chi connectivity index (χ0v) is 18.2. The summed E-state index contributed by atoms with van der Waals surface area (Å²) in [5.74, 6) is 3.52. The summed E-state index contributed by atoms with van der Waals surface area (Å²) in [5, 5.41) is 0. The van der Waals surface area contributed by atoms with Crippen molar-refractivity contribution < 1.29 is 9.53 Å². The maximum absolute atomic E-state index is 12.4. The lowest BCUT2D eigenvalue weighted by Gasteiger charge is -2.38. The van der Waals surface area contributed by atoms with Crippen molar-refractivity contribution in [2.45, 2.75) is 103 Å². The van der Waals surface area contributed by atoms with Gasteiger partial charge in [-0.15, -0.1) is 5.54 Å². The first-order chi connectivity index (χ1) is 10.9. The van der Waals surface area contributed by atoms with E-state index in [1.807, 2.05) is 25.7 Å². The monoisotopic (exact) mass is 351 g/mol. The molecular formula is C20H37NO2Si. The minimum absolute atomic E-state index is 0.0166. The zero-order chi connectivity index (χ0) is 18.7. The molecule has 0 aromatic heterocycles. The molecule has 1 aliphatic heterocycles. The summed E-state index contributed by atoms with van der Waals surface area (Å²) < 4.78 is 5.56. The Bertz CT molecular complexity index is 472. The molecule has 0 saturated carbocycles. The van der Waals surface area contributed by atoms with E-state index in [1.165, 1.54) is 0 Å². The predicted octanol–water partition coefficient (Wildman–Crippen LogP) is 5.61. The summed E-state index contributed by atoms with van der Waals surface area (Å²) in [5.41, 5.74) is 5.14. The molecule has 1 saturated heterocycles. The van der Waals surface area contributed by atoms with Gasteiger partial charge >= 0.3 is 6.09 Å². The maximum Gasteiger partial charge on any atom is 0.411 e. The molecular weight excluding hydrogens is 314 g/mol. The molecule has 0 aliphatic carbocycles. The van der Waals surface area contributed by atoms with Gasteiger partial charge in [-0.2, -0.15) is 0 Å². The summed E-state index contributed by atoms with van der Waals surface area (Å²) in [6.45, 7) is 20.4. The Kier molecular flexibility index (Phi) is 6.99. The average molecular weight is 352 g/mol. The van der Waals surface area contributed by atoms with Crippen LogP contribution in [-0.2, 0) is 4.74 Å². The van der Waals surface area contributed by atoms with Gasteiger partial charge in [0.25, 0.3) is 0 Å². The summed E-state index contributed by atoms with van der Waals surface area (Å²) >= 11 is 0. The lowest BCUT2D eigenvalue weighted by Crippen LogP contribution is -2.44. The number of likely N-dealkylation sites (tertiary alicyclic amines) is 1. The lowest BCUT2D eigenvalue weighted by molar-refractivity contribution is 0.0261. The third kappa shape index (κ3) is 4.78. The fourth-order valence-electron chi connectivity index (χ4n) is 4.10. The van der Waals surface area contributed by atoms with Crippen LogP contribution in [0.1, 0.15) is 75.2 Å². The van der Waals surface area contributed by atoms with Crippen molar-refractivity contribution in [1.82, 2.24) is 4.90 Å². The van der Waals surface area contributed by atoms with Gasteiger partial charge in [-0.25, -0.2) is 4.79 Å². The molecule has 1 heterocycles. The topological polar surface area (TPSA) is 29.5 Å². The minimum Gasteiger partial charge on any atom is -0.444 e. The Labute approximate surface area is 150 Å². The molecule has 0 spiro atoms. The Morgan fingerprint density at radius 3 is 2.00 bits per heavy atom. The molecule has 1 fully saturated rings. The van der Waals surface area contributed by atoms with Crippen LogP contribution in [0.15, 0.2) is 0 Å². The van der Waals surface area contributed by atoms with Gasteiger partial charge in [0, 0.05) is 6.54 Å². The van der Waals surface area contributed by atoms with Crippen molar-refractivity contribution in [3.05, 3.63) is 0 Å². The van der Waals surface area contributed by atoms with Crippen molar-refractivity contribution in [2.24, 2.45) is 0 Å². The molecule has 0 aromatic rings. The summed E-state index contributed by atoms with van der Waals surface area (Å²) in [6, 6.07) is 0.0166. The van der Waals surface area contributed by atoms with Crippen LogP contribution in [0.5, 0.6) is 0 Å². The molecule has 1 atom stereocenters. The van der Waals surface area contributed by atoms with Crippen LogP contribution in [0.25, 0.3) is 0 Å². The molecule has 24 heavy (non-hydrogen) atoms. The van der Waals surface area contributed by atoms with Gasteiger partial charge in [0.1, 0.15) is 13.7 Å². The first-order valence-electron chi connectivity index (χ1n) is 9.44. The highest BCUT2D eigenvalue weighted by molar-refractivity contribution is 6.90. The minimum atomic E-state index is -1.75. The lowest BCUT2D eigenvalue weighted by atomic mass is 10.2. The van der Waals surface area contributed by atoms with E-state index in [0.29, 0.717) is 16.6 Å². The molecule has 1 rings (SSSR count). The van der Waals surface area contributed by atoms with Crippen molar-refractivity contribution in [2.75, 3.05) is 6.54 Å². The standard InChI is InChI=1S/C20H37NO2Si/c1-15(2)24(16(3)4,17(5)6)14-12-18-11-10-13-21(18)19(22)23-20(7,8)9/h15-18H,10-11,13H2,1-9H3. The van der Waals surface area contributed by atoms with E-state index >= 15 is 0 Å². The van der Waals surface area contributed by atoms with Crippen LogP contribution < -0.4 is 0 Å². The van der Waals surface area contributed by atoms with Crippen molar-refractivity contribution in [3.8, 4) is 11.5 Å².